The van der Waals surface area contributed by atoms with Gasteiger partial charge in [0.2, 0.25) is 0 Å². The first-order valence-corrected chi connectivity index (χ1v) is 9.21. The Morgan fingerprint density at radius 1 is 1.07 bits per heavy atom. The maximum atomic E-state index is 13.4. The molecule has 1 saturated heterocycles. The van der Waals surface area contributed by atoms with Crippen molar-refractivity contribution in [1.29, 1.82) is 0 Å². The summed E-state index contributed by atoms with van der Waals surface area (Å²) < 4.78 is 26.5. The van der Waals surface area contributed by atoms with Gasteiger partial charge in [0.1, 0.15) is 5.75 Å². The number of halogens is 2. The van der Waals surface area contributed by atoms with E-state index in [1.54, 1.807) is 18.2 Å². The number of hydrogen-bond donors (Lipinski definition) is 2. The minimum Gasteiger partial charge on any atom is -0.507 e. The fraction of sp³-hybridized carbons (Fsp3) is 0.227. The van der Waals surface area contributed by atoms with Gasteiger partial charge >= 0.3 is 0 Å². The van der Waals surface area contributed by atoms with Crippen LogP contribution in [0.3, 0.4) is 0 Å². The van der Waals surface area contributed by atoms with Gasteiger partial charge < -0.3 is 15.3 Å². The molecule has 1 aliphatic heterocycles. The van der Waals surface area contributed by atoms with Crippen molar-refractivity contribution in [3.05, 3.63) is 71.8 Å². The van der Waals surface area contributed by atoms with Gasteiger partial charge in [-0.2, -0.15) is 0 Å². The van der Waals surface area contributed by atoms with Gasteiger partial charge in [0, 0.05) is 31.4 Å². The molecule has 6 heteroatoms. The normalized spacial score (nSPS) is 16.5. The first-order chi connectivity index (χ1) is 13.5. The van der Waals surface area contributed by atoms with E-state index in [0.717, 1.165) is 23.3 Å². The van der Waals surface area contributed by atoms with Gasteiger partial charge in [-0.1, -0.05) is 24.3 Å². The summed E-state index contributed by atoms with van der Waals surface area (Å²) in [5.41, 5.74) is 0.883. The lowest BCUT2D eigenvalue weighted by Crippen LogP contribution is -2.31. The summed E-state index contributed by atoms with van der Waals surface area (Å²) in [6, 6.07) is 14.7. The Balaban J connectivity index is 1.39. The Morgan fingerprint density at radius 3 is 2.57 bits per heavy atom. The average Bonchev–Trinajstić information content (AvgIpc) is 3.16. The van der Waals surface area contributed by atoms with Gasteiger partial charge in [-0.05, 0) is 47.4 Å². The molecule has 3 aromatic rings. The van der Waals surface area contributed by atoms with Crippen LogP contribution in [-0.2, 0) is 0 Å². The Kier molecular flexibility index (Phi) is 4.86. The van der Waals surface area contributed by atoms with E-state index in [1.165, 1.54) is 6.07 Å². The highest BCUT2D eigenvalue weighted by Gasteiger charge is 2.24. The Morgan fingerprint density at radius 2 is 1.82 bits per heavy atom. The fourth-order valence-corrected chi connectivity index (χ4v) is 3.66. The first-order valence-electron chi connectivity index (χ1n) is 9.21. The predicted octanol–water partition coefficient (Wildman–Crippen LogP) is 4.08. The van der Waals surface area contributed by atoms with Gasteiger partial charge in [-0.25, -0.2) is 8.78 Å². The average molecular weight is 382 g/mol. The summed E-state index contributed by atoms with van der Waals surface area (Å²) >= 11 is 0. The van der Waals surface area contributed by atoms with Crippen molar-refractivity contribution in [3.8, 4) is 5.75 Å². The maximum Gasteiger partial charge on any atom is 0.255 e. The van der Waals surface area contributed by atoms with E-state index in [9.17, 15) is 18.7 Å². The van der Waals surface area contributed by atoms with E-state index in [2.05, 4.69) is 5.32 Å². The third-order valence-corrected chi connectivity index (χ3v) is 5.21. The van der Waals surface area contributed by atoms with Crippen LogP contribution in [0.5, 0.6) is 5.75 Å². The number of phenolic OH excluding ortho intramolecular Hbond substituents is 1. The lowest BCUT2D eigenvalue weighted by atomic mass is 10.0. The zero-order valence-corrected chi connectivity index (χ0v) is 15.2. The minimum absolute atomic E-state index is 0.0500. The summed E-state index contributed by atoms with van der Waals surface area (Å²) in [4.78, 5) is 14.5. The SMILES string of the molecule is O=C(NCC1CCN(c2ccc(F)c(F)c2)C1)c1cc2ccccc2cc1O. The number of benzene rings is 3. The molecule has 2 N–H and O–H groups in total. The number of phenols is 1. The molecule has 1 atom stereocenters. The molecule has 4 rings (SSSR count). The molecule has 0 spiro atoms. The predicted molar refractivity (Wildman–Crippen MR) is 105 cm³/mol. The molecule has 1 unspecified atom stereocenters. The highest BCUT2D eigenvalue weighted by Crippen LogP contribution is 2.27. The smallest absolute Gasteiger partial charge is 0.255 e. The molecule has 3 aromatic carbocycles. The van der Waals surface area contributed by atoms with E-state index in [0.29, 0.717) is 25.3 Å². The number of nitrogens with one attached hydrogen (secondary N) is 1. The van der Waals surface area contributed by atoms with Crippen LogP contribution in [0.2, 0.25) is 0 Å². The number of carbonyl (C=O) groups excluding carboxylic acids is 1. The number of carbonyl (C=O) groups is 1. The van der Waals surface area contributed by atoms with E-state index in [-0.39, 0.29) is 23.1 Å². The van der Waals surface area contributed by atoms with Crippen molar-refractivity contribution < 1.29 is 18.7 Å². The maximum absolute atomic E-state index is 13.4. The standard InChI is InChI=1S/C22H20F2N2O2/c23-19-6-5-17(11-20(19)24)26-8-7-14(13-26)12-25-22(28)18-9-15-3-1-2-4-16(15)10-21(18)27/h1-6,9-11,14,27H,7-8,12-13H2,(H,25,28). The molecular formula is C22H20F2N2O2. The number of hydrogen-bond acceptors (Lipinski definition) is 3. The van der Waals surface area contributed by atoms with Crippen LogP contribution >= 0.6 is 0 Å². The molecule has 4 nitrogen and oxygen atoms in total. The van der Waals surface area contributed by atoms with Gasteiger partial charge in [0.25, 0.3) is 5.91 Å². The van der Waals surface area contributed by atoms with Gasteiger partial charge in [-0.15, -0.1) is 0 Å². The third kappa shape index (κ3) is 3.63. The van der Waals surface area contributed by atoms with Crippen LogP contribution in [0.15, 0.2) is 54.6 Å². The van der Waals surface area contributed by atoms with Crippen molar-refractivity contribution in [2.75, 3.05) is 24.5 Å². The molecule has 0 aromatic heterocycles. The van der Waals surface area contributed by atoms with Crippen molar-refractivity contribution in [1.82, 2.24) is 5.32 Å². The van der Waals surface area contributed by atoms with E-state index in [1.807, 2.05) is 29.2 Å². The number of fused-ring (bicyclic) bond motifs is 1. The van der Waals surface area contributed by atoms with Gasteiger partial charge in [-0.3, -0.25) is 4.79 Å². The van der Waals surface area contributed by atoms with Gasteiger partial charge in [0.05, 0.1) is 5.56 Å². The Bertz CT molecular complexity index is 1040. The topological polar surface area (TPSA) is 52.6 Å². The van der Waals surface area contributed by atoms with Crippen LogP contribution in [-0.4, -0.2) is 30.6 Å². The monoisotopic (exact) mass is 382 g/mol. The molecule has 0 radical (unpaired) electrons. The lowest BCUT2D eigenvalue weighted by molar-refractivity contribution is 0.0946. The van der Waals surface area contributed by atoms with Crippen LogP contribution in [0.25, 0.3) is 10.8 Å². The van der Waals surface area contributed by atoms with Crippen LogP contribution in [0.4, 0.5) is 14.5 Å². The molecule has 0 saturated carbocycles. The Labute approximate surface area is 161 Å². The summed E-state index contributed by atoms with van der Waals surface area (Å²) in [7, 11) is 0. The van der Waals surface area contributed by atoms with Crippen LogP contribution < -0.4 is 10.2 Å². The van der Waals surface area contributed by atoms with Crippen molar-refractivity contribution >= 4 is 22.4 Å². The highest BCUT2D eigenvalue weighted by atomic mass is 19.2. The zero-order chi connectivity index (χ0) is 19.7. The summed E-state index contributed by atoms with van der Waals surface area (Å²) in [6.45, 7) is 1.81. The van der Waals surface area contributed by atoms with E-state index in [4.69, 9.17) is 0 Å². The van der Waals surface area contributed by atoms with Crippen LogP contribution in [0, 0.1) is 17.6 Å². The third-order valence-electron chi connectivity index (χ3n) is 5.21. The minimum atomic E-state index is -0.860. The second-order valence-corrected chi connectivity index (χ2v) is 7.13. The van der Waals surface area contributed by atoms with Crippen molar-refractivity contribution in [2.24, 2.45) is 5.92 Å². The molecule has 28 heavy (non-hydrogen) atoms. The summed E-state index contributed by atoms with van der Waals surface area (Å²) in [6.07, 6.45) is 0.836. The number of anilines is 1. The second-order valence-electron chi connectivity index (χ2n) is 7.13. The van der Waals surface area contributed by atoms with E-state index < -0.39 is 11.6 Å². The largest absolute Gasteiger partial charge is 0.507 e. The summed E-state index contributed by atoms with van der Waals surface area (Å²) in [5.74, 6) is -1.90. The van der Waals surface area contributed by atoms with Crippen LogP contribution in [0.1, 0.15) is 16.8 Å². The molecule has 0 aliphatic carbocycles. The number of nitrogens with zero attached hydrogens (tertiary/aromatic N) is 1. The fourth-order valence-electron chi connectivity index (χ4n) is 3.66. The highest BCUT2D eigenvalue weighted by molar-refractivity contribution is 6.01. The molecule has 1 heterocycles. The number of rotatable bonds is 4. The Hall–Kier alpha value is -3.15. The number of amides is 1. The quantitative estimate of drug-likeness (QED) is 0.715. The molecular weight excluding hydrogens is 362 g/mol. The first kappa shape index (κ1) is 18.2. The second kappa shape index (κ2) is 7.46. The number of aromatic hydroxyl groups is 1. The van der Waals surface area contributed by atoms with Crippen molar-refractivity contribution in [2.45, 2.75) is 6.42 Å². The molecule has 1 aliphatic rings. The molecule has 0 bridgehead atoms. The van der Waals surface area contributed by atoms with Crippen molar-refractivity contribution in [3.63, 3.8) is 0 Å². The molecule has 144 valence electrons. The van der Waals surface area contributed by atoms with E-state index >= 15 is 0 Å². The van der Waals surface area contributed by atoms with Gasteiger partial charge in [0.15, 0.2) is 11.6 Å². The molecule has 1 fully saturated rings. The zero-order valence-electron chi connectivity index (χ0n) is 15.2. The summed E-state index contributed by atoms with van der Waals surface area (Å²) in [5, 5.41) is 14.8. The molecule has 1 amide bonds. The lowest BCUT2D eigenvalue weighted by Gasteiger charge is -2.19.